The minimum Gasteiger partial charge on any atom is -0.447 e. The number of amides is 1. The molecule has 0 N–H and O–H groups in total. The normalized spacial score (nSPS) is 20.9. The highest BCUT2D eigenvalue weighted by Crippen LogP contribution is 2.40. The Balaban J connectivity index is 2.39. The molecule has 1 amide bonds. The Kier molecular flexibility index (Phi) is 4.67. The zero-order valence-electron chi connectivity index (χ0n) is 12.2. The second-order valence-electron chi connectivity index (χ2n) is 4.79. The van der Waals surface area contributed by atoms with Crippen molar-refractivity contribution in [3.05, 3.63) is 35.4 Å². The van der Waals surface area contributed by atoms with Crippen LogP contribution in [0.1, 0.15) is 37.8 Å². The SMILES string of the molecule is CCOC(=O)/N=N/C1(OC(C)=O)CCCc2ccccc21. The fraction of sp³-hybridized carbons (Fsp3) is 0.467. The molecule has 0 fully saturated rings. The average Bonchev–Trinajstić information content (AvgIpc) is 2.45. The number of aryl methyl sites for hydroxylation is 1. The summed E-state index contributed by atoms with van der Waals surface area (Å²) in [5.41, 5.74) is 0.597. The van der Waals surface area contributed by atoms with Crippen LogP contribution in [0.15, 0.2) is 34.5 Å². The van der Waals surface area contributed by atoms with Crippen LogP contribution in [0.3, 0.4) is 0 Å². The summed E-state index contributed by atoms with van der Waals surface area (Å²) in [6, 6.07) is 7.59. The molecular weight excluding hydrogens is 272 g/mol. The van der Waals surface area contributed by atoms with Crippen LogP contribution < -0.4 is 0 Å². The molecule has 0 bridgehead atoms. The summed E-state index contributed by atoms with van der Waals surface area (Å²) in [5.74, 6) is -0.463. The molecule has 1 aliphatic carbocycles. The van der Waals surface area contributed by atoms with E-state index in [1.54, 1.807) is 6.92 Å². The molecule has 2 rings (SSSR count). The Morgan fingerprint density at radius 1 is 1.33 bits per heavy atom. The highest BCUT2D eigenvalue weighted by Gasteiger charge is 2.40. The Morgan fingerprint density at radius 2 is 2.10 bits per heavy atom. The number of azo groups is 1. The van der Waals surface area contributed by atoms with Crippen LogP contribution >= 0.6 is 0 Å². The Bertz CT molecular complexity index is 571. The summed E-state index contributed by atoms with van der Waals surface area (Å²) < 4.78 is 10.2. The Morgan fingerprint density at radius 3 is 2.81 bits per heavy atom. The summed E-state index contributed by atoms with van der Waals surface area (Å²) >= 11 is 0. The van der Waals surface area contributed by atoms with E-state index in [2.05, 4.69) is 10.2 Å². The molecule has 6 heteroatoms. The van der Waals surface area contributed by atoms with Gasteiger partial charge in [0.1, 0.15) is 0 Å². The van der Waals surface area contributed by atoms with Crippen molar-refractivity contribution in [1.82, 2.24) is 0 Å². The molecule has 0 saturated carbocycles. The standard InChI is InChI=1S/C15H18N2O4/c1-3-20-14(19)16-17-15(21-11(2)18)10-6-8-12-7-4-5-9-13(12)15/h4-5,7,9H,3,6,8,10H2,1-2H3/b17-16+. The largest absolute Gasteiger partial charge is 0.452 e. The van der Waals surface area contributed by atoms with E-state index < -0.39 is 17.8 Å². The van der Waals surface area contributed by atoms with Crippen molar-refractivity contribution in [2.24, 2.45) is 10.2 Å². The van der Waals surface area contributed by atoms with E-state index in [1.165, 1.54) is 6.92 Å². The molecule has 0 spiro atoms. The fourth-order valence-corrected chi connectivity index (χ4v) is 2.51. The number of benzene rings is 1. The van der Waals surface area contributed by atoms with Gasteiger partial charge in [0.25, 0.3) is 0 Å². The number of carbonyl (C=O) groups excluding carboxylic acids is 2. The number of carbonyl (C=O) groups is 2. The van der Waals surface area contributed by atoms with Gasteiger partial charge < -0.3 is 9.47 Å². The quantitative estimate of drug-likeness (QED) is 0.631. The lowest BCUT2D eigenvalue weighted by atomic mass is 9.85. The number of fused-ring (bicyclic) bond motifs is 1. The predicted molar refractivity (Wildman–Crippen MR) is 74.7 cm³/mol. The monoisotopic (exact) mass is 290 g/mol. The van der Waals surface area contributed by atoms with Crippen molar-refractivity contribution in [3.63, 3.8) is 0 Å². The van der Waals surface area contributed by atoms with Crippen LogP contribution in [-0.4, -0.2) is 18.7 Å². The molecule has 1 atom stereocenters. The van der Waals surface area contributed by atoms with Crippen molar-refractivity contribution in [3.8, 4) is 0 Å². The van der Waals surface area contributed by atoms with Gasteiger partial charge in [-0.25, -0.2) is 4.79 Å². The van der Waals surface area contributed by atoms with Crippen LogP contribution in [0.2, 0.25) is 0 Å². The summed E-state index contributed by atoms with van der Waals surface area (Å²) in [4.78, 5) is 22.9. The van der Waals surface area contributed by atoms with Gasteiger partial charge in [-0.1, -0.05) is 29.4 Å². The van der Waals surface area contributed by atoms with Crippen LogP contribution in [0.25, 0.3) is 0 Å². The first-order valence-corrected chi connectivity index (χ1v) is 6.95. The average molecular weight is 290 g/mol. The topological polar surface area (TPSA) is 77.3 Å². The number of ether oxygens (including phenoxy) is 2. The summed E-state index contributed by atoms with van der Waals surface area (Å²) in [6.45, 7) is 3.22. The number of hydrogen-bond donors (Lipinski definition) is 0. The summed E-state index contributed by atoms with van der Waals surface area (Å²) in [5, 5.41) is 7.57. The number of esters is 1. The second-order valence-corrected chi connectivity index (χ2v) is 4.79. The zero-order chi connectivity index (χ0) is 15.3. The second kappa shape index (κ2) is 6.47. The van der Waals surface area contributed by atoms with Crippen molar-refractivity contribution in [2.45, 2.75) is 38.8 Å². The van der Waals surface area contributed by atoms with Crippen molar-refractivity contribution >= 4 is 12.1 Å². The van der Waals surface area contributed by atoms with Crippen LogP contribution in [-0.2, 0) is 26.4 Å². The van der Waals surface area contributed by atoms with E-state index in [0.717, 1.165) is 24.0 Å². The maximum atomic E-state index is 11.5. The van der Waals surface area contributed by atoms with E-state index in [1.807, 2.05) is 24.3 Å². The van der Waals surface area contributed by atoms with Gasteiger partial charge in [-0.15, -0.1) is 5.11 Å². The van der Waals surface area contributed by atoms with Gasteiger partial charge in [0.2, 0.25) is 5.72 Å². The zero-order valence-corrected chi connectivity index (χ0v) is 12.2. The molecule has 0 saturated heterocycles. The third-order valence-electron chi connectivity index (χ3n) is 3.27. The van der Waals surface area contributed by atoms with Gasteiger partial charge >= 0.3 is 12.1 Å². The van der Waals surface area contributed by atoms with Crippen LogP contribution in [0.5, 0.6) is 0 Å². The molecule has 21 heavy (non-hydrogen) atoms. The van der Waals surface area contributed by atoms with Crippen LogP contribution in [0.4, 0.5) is 4.79 Å². The number of nitrogens with zero attached hydrogens (tertiary/aromatic N) is 2. The third kappa shape index (κ3) is 3.45. The van der Waals surface area contributed by atoms with Gasteiger partial charge in [0, 0.05) is 18.9 Å². The molecule has 112 valence electrons. The summed E-state index contributed by atoms with van der Waals surface area (Å²) in [7, 11) is 0. The van der Waals surface area contributed by atoms with Gasteiger partial charge in [0.05, 0.1) is 6.61 Å². The molecule has 0 aromatic heterocycles. The van der Waals surface area contributed by atoms with Gasteiger partial charge in [-0.05, 0) is 25.3 Å². The molecule has 1 aromatic carbocycles. The maximum Gasteiger partial charge on any atom is 0.452 e. The van der Waals surface area contributed by atoms with Gasteiger partial charge in [-0.3, -0.25) is 4.79 Å². The minimum atomic E-state index is -1.23. The lowest BCUT2D eigenvalue weighted by Crippen LogP contribution is -2.33. The van der Waals surface area contributed by atoms with E-state index in [0.29, 0.717) is 6.42 Å². The molecular formula is C15H18N2O4. The number of hydrogen-bond acceptors (Lipinski definition) is 5. The van der Waals surface area contributed by atoms with Crippen molar-refractivity contribution in [2.75, 3.05) is 6.61 Å². The highest BCUT2D eigenvalue weighted by atomic mass is 16.6. The van der Waals surface area contributed by atoms with E-state index >= 15 is 0 Å². The van der Waals surface area contributed by atoms with Crippen molar-refractivity contribution in [1.29, 1.82) is 0 Å². The van der Waals surface area contributed by atoms with Crippen LogP contribution in [0, 0.1) is 0 Å². The molecule has 0 aliphatic heterocycles. The van der Waals surface area contributed by atoms with E-state index in [9.17, 15) is 9.59 Å². The molecule has 0 heterocycles. The first-order chi connectivity index (χ1) is 10.1. The first kappa shape index (κ1) is 15.2. The molecule has 1 aromatic rings. The van der Waals surface area contributed by atoms with Gasteiger partial charge in [-0.2, -0.15) is 0 Å². The van der Waals surface area contributed by atoms with E-state index in [4.69, 9.17) is 9.47 Å². The van der Waals surface area contributed by atoms with Crippen molar-refractivity contribution < 1.29 is 19.1 Å². The molecule has 6 nitrogen and oxygen atoms in total. The van der Waals surface area contributed by atoms with Gasteiger partial charge in [0.15, 0.2) is 0 Å². The molecule has 0 radical (unpaired) electrons. The molecule has 1 aliphatic rings. The fourth-order valence-electron chi connectivity index (χ4n) is 2.51. The lowest BCUT2D eigenvalue weighted by molar-refractivity contribution is -0.160. The predicted octanol–water partition coefficient (Wildman–Crippen LogP) is 3.35. The maximum absolute atomic E-state index is 11.5. The lowest BCUT2D eigenvalue weighted by Gasteiger charge is -2.33. The number of rotatable bonds is 3. The van der Waals surface area contributed by atoms with E-state index in [-0.39, 0.29) is 6.61 Å². The third-order valence-corrected chi connectivity index (χ3v) is 3.27. The molecule has 1 unspecified atom stereocenters. The Hall–Kier alpha value is -2.24. The highest BCUT2D eigenvalue weighted by molar-refractivity contribution is 5.68. The first-order valence-electron chi connectivity index (χ1n) is 6.95. The smallest absolute Gasteiger partial charge is 0.447 e. The Labute approximate surface area is 123 Å². The minimum absolute atomic E-state index is 0.217. The summed E-state index contributed by atoms with van der Waals surface area (Å²) in [6.07, 6.45) is 1.39.